The SMILES string of the molecule is NC1CCN(c2ncnc3nc[nH]c23)CC1. The van der Waals surface area contributed by atoms with Crippen molar-refractivity contribution in [3.63, 3.8) is 0 Å². The minimum Gasteiger partial charge on any atom is -0.355 e. The van der Waals surface area contributed by atoms with Crippen LogP contribution in [-0.4, -0.2) is 39.1 Å². The molecule has 0 saturated carbocycles. The van der Waals surface area contributed by atoms with Crippen LogP contribution in [0.5, 0.6) is 0 Å². The van der Waals surface area contributed by atoms with Gasteiger partial charge in [0.2, 0.25) is 0 Å². The Labute approximate surface area is 92.9 Å². The van der Waals surface area contributed by atoms with E-state index < -0.39 is 0 Å². The summed E-state index contributed by atoms with van der Waals surface area (Å²) in [5.74, 6) is 0.939. The molecule has 1 saturated heterocycles. The van der Waals surface area contributed by atoms with Crippen LogP contribution in [0, 0.1) is 0 Å². The summed E-state index contributed by atoms with van der Waals surface area (Å²) in [6.07, 6.45) is 5.24. The summed E-state index contributed by atoms with van der Waals surface area (Å²) in [7, 11) is 0. The van der Waals surface area contributed by atoms with Gasteiger partial charge in [0.05, 0.1) is 6.33 Å². The van der Waals surface area contributed by atoms with E-state index in [2.05, 4.69) is 24.8 Å². The fourth-order valence-corrected chi connectivity index (χ4v) is 2.10. The van der Waals surface area contributed by atoms with Gasteiger partial charge < -0.3 is 15.6 Å². The van der Waals surface area contributed by atoms with Crippen molar-refractivity contribution >= 4 is 17.0 Å². The highest BCUT2D eigenvalue weighted by atomic mass is 15.2. The molecule has 3 rings (SSSR count). The zero-order valence-corrected chi connectivity index (χ0v) is 8.93. The van der Waals surface area contributed by atoms with E-state index in [0.717, 1.165) is 42.9 Å². The molecule has 1 aliphatic heterocycles. The van der Waals surface area contributed by atoms with E-state index in [1.54, 1.807) is 12.7 Å². The van der Waals surface area contributed by atoms with Crippen molar-refractivity contribution in [2.45, 2.75) is 18.9 Å². The first-order valence-electron chi connectivity index (χ1n) is 5.49. The Morgan fingerprint density at radius 2 is 2.06 bits per heavy atom. The number of aromatic nitrogens is 4. The Morgan fingerprint density at radius 3 is 2.88 bits per heavy atom. The largest absolute Gasteiger partial charge is 0.355 e. The summed E-state index contributed by atoms with van der Waals surface area (Å²) >= 11 is 0. The first-order chi connectivity index (χ1) is 7.84. The predicted octanol–water partition coefficient (Wildman–Crippen LogP) is 0.280. The van der Waals surface area contributed by atoms with Gasteiger partial charge in [0, 0.05) is 19.1 Å². The van der Waals surface area contributed by atoms with Gasteiger partial charge in [-0.3, -0.25) is 0 Å². The molecular weight excluding hydrogens is 204 g/mol. The molecule has 0 amide bonds. The Morgan fingerprint density at radius 1 is 1.25 bits per heavy atom. The highest BCUT2D eigenvalue weighted by molar-refractivity contribution is 5.82. The fourth-order valence-electron chi connectivity index (χ4n) is 2.10. The van der Waals surface area contributed by atoms with E-state index >= 15 is 0 Å². The van der Waals surface area contributed by atoms with Crippen LogP contribution in [0.4, 0.5) is 5.82 Å². The van der Waals surface area contributed by atoms with Gasteiger partial charge in [-0.15, -0.1) is 0 Å². The lowest BCUT2D eigenvalue weighted by atomic mass is 10.1. The average Bonchev–Trinajstić information content (AvgIpc) is 2.78. The molecule has 0 unspecified atom stereocenters. The van der Waals surface area contributed by atoms with Crippen molar-refractivity contribution in [1.29, 1.82) is 0 Å². The molecule has 16 heavy (non-hydrogen) atoms. The number of aromatic amines is 1. The van der Waals surface area contributed by atoms with E-state index in [1.165, 1.54) is 0 Å². The molecule has 0 radical (unpaired) electrons. The maximum atomic E-state index is 5.89. The number of nitrogens with two attached hydrogens (primary N) is 1. The molecule has 3 heterocycles. The molecule has 2 aromatic heterocycles. The number of fused-ring (bicyclic) bond motifs is 1. The van der Waals surface area contributed by atoms with Crippen LogP contribution in [0.2, 0.25) is 0 Å². The van der Waals surface area contributed by atoms with Crippen LogP contribution in [0.25, 0.3) is 11.2 Å². The summed E-state index contributed by atoms with van der Waals surface area (Å²) in [6, 6.07) is 0.329. The highest BCUT2D eigenvalue weighted by Crippen LogP contribution is 2.22. The van der Waals surface area contributed by atoms with Gasteiger partial charge in [-0.1, -0.05) is 0 Å². The number of imidazole rings is 1. The quantitative estimate of drug-likeness (QED) is 0.718. The van der Waals surface area contributed by atoms with E-state index in [4.69, 9.17) is 5.73 Å². The van der Waals surface area contributed by atoms with Gasteiger partial charge in [-0.2, -0.15) is 0 Å². The van der Waals surface area contributed by atoms with Crippen LogP contribution in [0.3, 0.4) is 0 Å². The minimum atomic E-state index is 0.329. The third-order valence-corrected chi connectivity index (χ3v) is 3.04. The second-order valence-corrected chi connectivity index (χ2v) is 4.12. The van der Waals surface area contributed by atoms with Gasteiger partial charge in [-0.05, 0) is 12.8 Å². The molecule has 0 aromatic carbocycles. The van der Waals surface area contributed by atoms with E-state index in [-0.39, 0.29) is 0 Å². The van der Waals surface area contributed by atoms with Gasteiger partial charge >= 0.3 is 0 Å². The maximum Gasteiger partial charge on any atom is 0.182 e. The third-order valence-electron chi connectivity index (χ3n) is 3.04. The van der Waals surface area contributed by atoms with Crippen molar-refractivity contribution in [3.8, 4) is 0 Å². The van der Waals surface area contributed by atoms with Gasteiger partial charge in [0.15, 0.2) is 11.5 Å². The zero-order chi connectivity index (χ0) is 11.0. The standard InChI is InChI=1S/C10H14N6/c11-7-1-3-16(4-2-7)10-8-9(13-5-12-8)14-6-15-10/h5-7H,1-4,11H2,(H,12,13,14,15). The van der Waals surface area contributed by atoms with Crippen molar-refractivity contribution in [3.05, 3.63) is 12.7 Å². The minimum absolute atomic E-state index is 0.329. The van der Waals surface area contributed by atoms with Crippen molar-refractivity contribution in [2.75, 3.05) is 18.0 Å². The lowest BCUT2D eigenvalue weighted by Crippen LogP contribution is -2.40. The van der Waals surface area contributed by atoms with Gasteiger partial charge in [0.25, 0.3) is 0 Å². The molecule has 3 N–H and O–H groups in total. The number of rotatable bonds is 1. The highest BCUT2D eigenvalue weighted by Gasteiger charge is 2.19. The normalized spacial score (nSPS) is 18.2. The number of H-pyrrole nitrogens is 1. The van der Waals surface area contributed by atoms with Crippen LogP contribution in [0.1, 0.15) is 12.8 Å². The third kappa shape index (κ3) is 1.51. The molecule has 0 atom stereocenters. The van der Waals surface area contributed by atoms with E-state index in [9.17, 15) is 0 Å². The molecule has 1 aliphatic rings. The van der Waals surface area contributed by atoms with Crippen LogP contribution < -0.4 is 10.6 Å². The first kappa shape index (κ1) is 9.53. The number of piperidine rings is 1. The topological polar surface area (TPSA) is 83.7 Å². The lowest BCUT2D eigenvalue weighted by molar-refractivity contribution is 0.499. The monoisotopic (exact) mass is 218 g/mol. The zero-order valence-electron chi connectivity index (χ0n) is 8.93. The summed E-state index contributed by atoms with van der Waals surface area (Å²) < 4.78 is 0. The Balaban J connectivity index is 1.96. The number of nitrogens with zero attached hydrogens (tertiary/aromatic N) is 4. The first-order valence-corrected chi connectivity index (χ1v) is 5.49. The Hall–Kier alpha value is -1.69. The maximum absolute atomic E-state index is 5.89. The van der Waals surface area contributed by atoms with Crippen molar-refractivity contribution in [2.24, 2.45) is 5.73 Å². The number of hydrogen-bond acceptors (Lipinski definition) is 5. The Bertz CT molecular complexity index is 485. The summed E-state index contributed by atoms with van der Waals surface area (Å²) in [6.45, 7) is 1.90. The second-order valence-electron chi connectivity index (χ2n) is 4.12. The molecular formula is C10H14N6. The summed E-state index contributed by atoms with van der Waals surface area (Å²) in [5.41, 5.74) is 7.52. The average molecular weight is 218 g/mol. The second kappa shape index (κ2) is 3.71. The molecule has 0 spiro atoms. The number of anilines is 1. The van der Waals surface area contributed by atoms with E-state index in [1.807, 2.05) is 0 Å². The van der Waals surface area contributed by atoms with E-state index in [0.29, 0.717) is 6.04 Å². The molecule has 84 valence electrons. The lowest BCUT2D eigenvalue weighted by Gasteiger charge is -2.30. The molecule has 0 aliphatic carbocycles. The summed E-state index contributed by atoms with van der Waals surface area (Å²) in [4.78, 5) is 17.9. The van der Waals surface area contributed by atoms with Crippen LogP contribution >= 0.6 is 0 Å². The predicted molar refractivity (Wildman–Crippen MR) is 61.1 cm³/mol. The number of nitrogens with one attached hydrogen (secondary N) is 1. The number of hydrogen-bond donors (Lipinski definition) is 2. The van der Waals surface area contributed by atoms with Crippen molar-refractivity contribution in [1.82, 2.24) is 19.9 Å². The van der Waals surface area contributed by atoms with Crippen LogP contribution in [-0.2, 0) is 0 Å². The molecule has 6 nitrogen and oxygen atoms in total. The summed E-state index contributed by atoms with van der Waals surface area (Å²) in [5, 5.41) is 0. The van der Waals surface area contributed by atoms with Gasteiger partial charge in [-0.25, -0.2) is 15.0 Å². The van der Waals surface area contributed by atoms with Crippen LogP contribution in [0.15, 0.2) is 12.7 Å². The smallest absolute Gasteiger partial charge is 0.182 e. The molecule has 0 bridgehead atoms. The molecule has 6 heteroatoms. The Kier molecular flexibility index (Phi) is 2.21. The fraction of sp³-hybridized carbons (Fsp3) is 0.500. The van der Waals surface area contributed by atoms with Gasteiger partial charge in [0.1, 0.15) is 11.8 Å². The van der Waals surface area contributed by atoms with Crippen molar-refractivity contribution < 1.29 is 0 Å². The molecule has 2 aromatic rings. The molecule has 1 fully saturated rings.